The Morgan fingerprint density at radius 2 is 2.40 bits per heavy atom. The van der Waals surface area contributed by atoms with Crippen LogP contribution < -0.4 is 0 Å². The Hall–Kier alpha value is -0.915. The number of nitrogens with zero attached hydrogens (tertiary/aromatic N) is 3. The number of hydrogen-bond donors (Lipinski definition) is 2. The summed E-state index contributed by atoms with van der Waals surface area (Å²) >= 11 is 0. The zero-order chi connectivity index (χ0) is 11.1. The lowest BCUT2D eigenvalue weighted by atomic mass is 9.79. The minimum Gasteiger partial charge on any atom is -0.394 e. The fraction of sp³-hybridized carbons (Fsp3) is 0.750. The molecule has 1 aliphatic heterocycles. The number of hydrogen-bond acceptors (Lipinski definition) is 5. The van der Waals surface area contributed by atoms with Crippen LogP contribution in [0.15, 0.2) is 12.4 Å². The van der Waals surface area contributed by atoms with E-state index in [1.54, 1.807) is 13.1 Å². The topological polar surface area (TPSA) is 80.4 Å². The van der Waals surface area contributed by atoms with Gasteiger partial charge in [0.1, 0.15) is 25.6 Å². The van der Waals surface area contributed by atoms with E-state index in [9.17, 15) is 5.11 Å². The number of aliphatic hydroxyl groups is 2. The summed E-state index contributed by atoms with van der Waals surface area (Å²) in [6, 6.07) is -0.730. The van der Waals surface area contributed by atoms with E-state index in [2.05, 4.69) is 10.3 Å². The Kier molecular flexibility index (Phi) is 2.53. The average molecular weight is 209 g/mol. The van der Waals surface area contributed by atoms with E-state index in [4.69, 9.17) is 17.7 Å². The smallest absolute Gasteiger partial charge is 0.112 e. The average Bonchev–Trinajstić information content (AvgIpc) is 2.82. The zero-order valence-corrected chi connectivity index (χ0v) is 8.32. The van der Waals surface area contributed by atoms with Crippen LogP contribution in [0.4, 0.5) is 0 Å². The molecule has 6 nitrogen and oxygen atoms in total. The molecule has 0 saturated carbocycles. The maximum absolute atomic E-state index is 10.00. The summed E-state index contributed by atoms with van der Waals surface area (Å²) in [7, 11) is 5.78. The minimum atomic E-state index is -0.917. The predicted octanol–water partition coefficient (Wildman–Crippen LogP) is -1.76. The van der Waals surface area contributed by atoms with Gasteiger partial charge in [-0.25, -0.2) is 4.68 Å². The Morgan fingerprint density at radius 1 is 1.67 bits per heavy atom. The Morgan fingerprint density at radius 3 is 2.87 bits per heavy atom. The summed E-state index contributed by atoms with van der Waals surface area (Å²) in [5.74, 6) is 0. The van der Waals surface area contributed by atoms with Crippen molar-refractivity contribution >= 4 is 7.85 Å². The fourth-order valence-corrected chi connectivity index (χ4v) is 1.82. The van der Waals surface area contributed by atoms with Crippen LogP contribution in [0.3, 0.4) is 0 Å². The first-order chi connectivity index (χ1) is 7.10. The van der Waals surface area contributed by atoms with Crippen LogP contribution in [-0.2, 0) is 10.3 Å². The third-order valence-electron chi connectivity index (χ3n) is 2.94. The second kappa shape index (κ2) is 3.59. The molecule has 2 N–H and O–H groups in total. The van der Waals surface area contributed by atoms with Crippen LogP contribution in [-0.4, -0.2) is 57.9 Å². The highest BCUT2D eigenvalue weighted by Crippen LogP contribution is 2.34. The van der Waals surface area contributed by atoms with Crippen LogP contribution in [0.1, 0.15) is 6.92 Å². The molecule has 0 unspecified atom stereocenters. The predicted molar refractivity (Wildman–Crippen MR) is 51.2 cm³/mol. The molecule has 0 amide bonds. The lowest BCUT2D eigenvalue weighted by molar-refractivity contribution is -0.00791. The molecule has 0 spiro atoms. The molecule has 0 bridgehead atoms. The van der Waals surface area contributed by atoms with Crippen molar-refractivity contribution in [3.63, 3.8) is 0 Å². The van der Waals surface area contributed by atoms with E-state index >= 15 is 0 Å². The van der Waals surface area contributed by atoms with E-state index in [0.29, 0.717) is 0 Å². The van der Waals surface area contributed by atoms with Crippen LogP contribution in [0.25, 0.3) is 0 Å². The first-order valence-electron chi connectivity index (χ1n) is 4.67. The van der Waals surface area contributed by atoms with Gasteiger partial charge in [0.05, 0.1) is 12.8 Å². The summed E-state index contributed by atoms with van der Waals surface area (Å²) in [5.41, 5.74) is -0.899. The van der Waals surface area contributed by atoms with Crippen LogP contribution in [0.5, 0.6) is 0 Å². The highest BCUT2D eigenvalue weighted by Gasteiger charge is 2.52. The molecule has 1 fully saturated rings. The molecule has 7 heteroatoms. The van der Waals surface area contributed by atoms with Crippen molar-refractivity contribution in [2.24, 2.45) is 0 Å². The normalized spacial score (nSPS) is 40.9. The molecule has 1 aliphatic rings. The lowest BCUT2D eigenvalue weighted by Gasteiger charge is -2.31. The summed E-state index contributed by atoms with van der Waals surface area (Å²) in [6.07, 6.45) is 1.50. The third-order valence-corrected chi connectivity index (χ3v) is 2.94. The first-order valence-corrected chi connectivity index (χ1v) is 4.67. The standard InChI is InChI=1S/C8H12BN3O3/c1-8(12-3-2-10-11-12)6(14)5(4-13)15-7(8)9/h2-3,5-7,13-14H,4H2,1H3/t5-,6-,7-,8-/m1/s1. The molecule has 80 valence electrons. The van der Waals surface area contributed by atoms with Crippen LogP contribution in [0, 0.1) is 0 Å². The fourth-order valence-electron chi connectivity index (χ4n) is 1.82. The molecule has 2 rings (SSSR count). The molecule has 1 saturated heterocycles. The van der Waals surface area contributed by atoms with E-state index in [-0.39, 0.29) is 6.61 Å². The Bertz CT molecular complexity index is 334. The molecule has 1 aromatic rings. The van der Waals surface area contributed by atoms with Gasteiger partial charge in [0, 0.05) is 12.2 Å². The monoisotopic (exact) mass is 209 g/mol. The van der Waals surface area contributed by atoms with Gasteiger partial charge in [0.2, 0.25) is 0 Å². The molecule has 2 heterocycles. The highest BCUT2D eigenvalue weighted by molar-refractivity contribution is 6.12. The second-order valence-corrected chi connectivity index (χ2v) is 3.80. The number of rotatable bonds is 2. The van der Waals surface area contributed by atoms with Crippen molar-refractivity contribution in [1.29, 1.82) is 0 Å². The van der Waals surface area contributed by atoms with Crippen molar-refractivity contribution in [2.45, 2.75) is 30.7 Å². The molecule has 2 radical (unpaired) electrons. The molecule has 0 aromatic carbocycles. The van der Waals surface area contributed by atoms with Gasteiger partial charge < -0.3 is 14.9 Å². The minimum absolute atomic E-state index is 0.279. The maximum atomic E-state index is 10.00. The Balaban J connectivity index is 2.35. The van der Waals surface area contributed by atoms with Crippen molar-refractivity contribution in [3.05, 3.63) is 12.4 Å². The largest absolute Gasteiger partial charge is 0.394 e. The molecule has 1 aromatic heterocycles. The SMILES string of the molecule is [B][C@@H]1O[C@H](CO)[C@@H](O)[C@@]1(C)n1ccnn1. The van der Waals surface area contributed by atoms with Gasteiger partial charge in [-0.2, -0.15) is 0 Å². The second-order valence-electron chi connectivity index (χ2n) is 3.80. The number of ether oxygens (including phenoxy) is 1. The number of aromatic nitrogens is 3. The molecule has 4 atom stereocenters. The maximum Gasteiger partial charge on any atom is 0.112 e. The van der Waals surface area contributed by atoms with E-state index in [1.165, 1.54) is 10.9 Å². The summed E-state index contributed by atoms with van der Waals surface area (Å²) in [4.78, 5) is 0. The Labute approximate surface area is 88.3 Å². The summed E-state index contributed by atoms with van der Waals surface area (Å²) in [6.45, 7) is 1.44. The van der Waals surface area contributed by atoms with Crippen molar-refractivity contribution in [2.75, 3.05) is 6.61 Å². The molecule has 15 heavy (non-hydrogen) atoms. The quantitative estimate of drug-likeness (QED) is 0.564. The van der Waals surface area contributed by atoms with Crippen molar-refractivity contribution < 1.29 is 14.9 Å². The van der Waals surface area contributed by atoms with Gasteiger partial charge in [-0.15, -0.1) is 5.10 Å². The lowest BCUT2D eigenvalue weighted by Crippen LogP contribution is -2.49. The van der Waals surface area contributed by atoms with Crippen molar-refractivity contribution in [3.8, 4) is 0 Å². The van der Waals surface area contributed by atoms with Gasteiger partial charge in [0.25, 0.3) is 0 Å². The summed E-state index contributed by atoms with van der Waals surface area (Å²) < 4.78 is 6.71. The van der Waals surface area contributed by atoms with Crippen LogP contribution >= 0.6 is 0 Å². The van der Waals surface area contributed by atoms with E-state index in [0.717, 1.165) is 0 Å². The van der Waals surface area contributed by atoms with Gasteiger partial charge in [-0.3, -0.25) is 0 Å². The number of aliphatic hydroxyl groups excluding tert-OH is 2. The third kappa shape index (κ3) is 1.38. The molecular weight excluding hydrogens is 197 g/mol. The van der Waals surface area contributed by atoms with E-state index in [1.807, 2.05) is 0 Å². The molecule has 0 aliphatic carbocycles. The van der Waals surface area contributed by atoms with Gasteiger partial charge in [0.15, 0.2) is 0 Å². The molecular formula is C8H12BN3O3. The first kappa shape index (κ1) is 10.6. The van der Waals surface area contributed by atoms with Gasteiger partial charge >= 0.3 is 0 Å². The summed E-state index contributed by atoms with van der Waals surface area (Å²) in [5, 5.41) is 26.5. The van der Waals surface area contributed by atoms with Gasteiger partial charge in [-0.05, 0) is 6.92 Å². The highest BCUT2D eigenvalue weighted by atomic mass is 16.5. The van der Waals surface area contributed by atoms with E-state index < -0.39 is 23.8 Å². The van der Waals surface area contributed by atoms with Crippen molar-refractivity contribution in [1.82, 2.24) is 15.0 Å². The van der Waals surface area contributed by atoms with Crippen LogP contribution in [0.2, 0.25) is 0 Å². The zero-order valence-electron chi connectivity index (χ0n) is 8.32. The van der Waals surface area contributed by atoms with Gasteiger partial charge in [-0.1, -0.05) is 5.21 Å².